The number of sulfonamides is 1. The van der Waals surface area contributed by atoms with E-state index in [9.17, 15) is 8.42 Å². The zero-order valence-electron chi connectivity index (χ0n) is 11.9. The molecule has 1 aromatic rings. The minimum atomic E-state index is -3.43. The van der Waals surface area contributed by atoms with Crippen molar-refractivity contribution in [3.63, 3.8) is 0 Å². The minimum absolute atomic E-state index is 0.0925. The number of hydrogen-bond donors (Lipinski definition) is 0. The van der Waals surface area contributed by atoms with Crippen LogP contribution in [-0.2, 0) is 10.0 Å². The molecule has 20 heavy (non-hydrogen) atoms. The second-order valence-corrected chi connectivity index (χ2v) is 7.94. The van der Waals surface area contributed by atoms with Crippen molar-refractivity contribution in [2.75, 3.05) is 26.7 Å². The Hall–Kier alpha value is -0.430. The SMILES string of the molecule is CCN1CCC(N(C)S(=O)(=O)c2ccccc2Br)CC1. The Bertz CT molecular complexity index is 554. The molecule has 0 unspecified atom stereocenters. The Balaban J connectivity index is 2.16. The molecule has 1 aliphatic heterocycles. The predicted octanol–water partition coefficient (Wildman–Crippen LogP) is 2.55. The maximum atomic E-state index is 12.7. The molecule has 2 rings (SSSR count). The summed E-state index contributed by atoms with van der Waals surface area (Å²) in [5.74, 6) is 0. The van der Waals surface area contributed by atoms with Gasteiger partial charge in [0.1, 0.15) is 0 Å². The predicted molar refractivity (Wildman–Crippen MR) is 84.2 cm³/mol. The fourth-order valence-corrected chi connectivity index (χ4v) is 4.98. The van der Waals surface area contributed by atoms with E-state index in [1.807, 2.05) is 6.07 Å². The normalized spacial score (nSPS) is 18.6. The first-order chi connectivity index (χ1) is 9.46. The van der Waals surface area contributed by atoms with E-state index in [0.717, 1.165) is 32.5 Å². The first-order valence-corrected chi connectivity index (χ1v) is 9.15. The average Bonchev–Trinajstić information content (AvgIpc) is 2.47. The minimum Gasteiger partial charge on any atom is -0.303 e. The molecule has 0 atom stereocenters. The van der Waals surface area contributed by atoms with Crippen molar-refractivity contribution in [2.24, 2.45) is 0 Å². The molecule has 6 heteroatoms. The van der Waals surface area contributed by atoms with Crippen LogP contribution in [0.2, 0.25) is 0 Å². The molecule has 1 aromatic carbocycles. The summed E-state index contributed by atoms with van der Waals surface area (Å²) in [4.78, 5) is 2.70. The highest BCUT2D eigenvalue weighted by molar-refractivity contribution is 9.10. The second-order valence-electron chi connectivity index (χ2n) is 5.12. The van der Waals surface area contributed by atoms with Crippen LogP contribution in [0, 0.1) is 0 Å². The van der Waals surface area contributed by atoms with Crippen molar-refractivity contribution in [1.82, 2.24) is 9.21 Å². The number of rotatable bonds is 4. The van der Waals surface area contributed by atoms with Gasteiger partial charge in [-0.05, 0) is 60.5 Å². The molecule has 0 saturated carbocycles. The molecule has 0 N–H and O–H groups in total. The highest BCUT2D eigenvalue weighted by Crippen LogP contribution is 2.27. The van der Waals surface area contributed by atoms with Gasteiger partial charge in [-0.15, -0.1) is 0 Å². The van der Waals surface area contributed by atoms with Gasteiger partial charge >= 0.3 is 0 Å². The molecule has 1 saturated heterocycles. The number of piperidine rings is 1. The van der Waals surface area contributed by atoms with E-state index in [4.69, 9.17) is 0 Å². The summed E-state index contributed by atoms with van der Waals surface area (Å²) in [5, 5.41) is 0. The van der Waals surface area contributed by atoms with E-state index < -0.39 is 10.0 Å². The van der Waals surface area contributed by atoms with Gasteiger partial charge in [0.15, 0.2) is 0 Å². The third kappa shape index (κ3) is 3.24. The van der Waals surface area contributed by atoms with Crippen LogP contribution in [0.1, 0.15) is 19.8 Å². The topological polar surface area (TPSA) is 40.6 Å². The van der Waals surface area contributed by atoms with Gasteiger partial charge in [0.2, 0.25) is 10.0 Å². The Morgan fingerprint density at radius 2 is 1.90 bits per heavy atom. The Morgan fingerprint density at radius 1 is 1.30 bits per heavy atom. The summed E-state index contributed by atoms with van der Waals surface area (Å²) in [5.41, 5.74) is 0. The second kappa shape index (κ2) is 6.56. The van der Waals surface area contributed by atoms with Gasteiger partial charge in [-0.25, -0.2) is 8.42 Å². The van der Waals surface area contributed by atoms with Crippen molar-refractivity contribution < 1.29 is 8.42 Å². The van der Waals surface area contributed by atoms with Crippen LogP contribution in [0.3, 0.4) is 0 Å². The molecule has 1 aliphatic rings. The molecule has 1 heterocycles. The van der Waals surface area contributed by atoms with Gasteiger partial charge in [0, 0.05) is 17.6 Å². The van der Waals surface area contributed by atoms with Gasteiger partial charge in [-0.2, -0.15) is 4.31 Å². The molecule has 4 nitrogen and oxygen atoms in total. The van der Waals surface area contributed by atoms with Gasteiger partial charge < -0.3 is 4.90 Å². The van der Waals surface area contributed by atoms with Crippen LogP contribution < -0.4 is 0 Å². The number of benzene rings is 1. The van der Waals surface area contributed by atoms with Crippen molar-refractivity contribution >= 4 is 26.0 Å². The van der Waals surface area contributed by atoms with Crippen LogP contribution in [0.4, 0.5) is 0 Å². The van der Waals surface area contributed by atoms with Crippen molar-refractivity contribution in [2.45, 2.75) is 30.7 Å². The Labute approximate surface area is 129 Å². The molecule has 112 valence electrons. The molecular formula is C14H21BrN2O2S. The molecule has 0 radical (unpaired) electrons. The quantitative estimate of drug-likeness (QED) is 0.828. The fraction of sp³-hybridized carbons (Fsp3) is 0.571. The first-order valence-electron chi connectivity index (χ1n) is 6.91. The van der Waals surface area contributed by atoms with E-state index in [-0.39, 0.29) is 6.04 Å². The van der Waals surface area contributed by atoms with Crippen LogP contribution in [0.15, 0.2) is 33.6 Å². The van der Waals surface area contributed by atoms with Crippen LogP contribution in [0.5, 0.6) is 0 Å². The summed E-state index contributed by atoms with van der Waals surface area (Å²) in [7, 11) is -1.73. The van der Waals surface area contributed by atoms with Crippen molar-refractivity contribution in [1.29, 1.82) is 0 Å². The molecule has 0 aromatic heterocycles. The lowest BCUT2D eigenvalue weighted by Crippen LogP contribution is -2.45. The third-order valence-electron chi connectivity index (χ3n) is 4.01. The number of hydrogen-bond acceptors (Lipinski definition) is 3. The monoisotopic (exact) mass is 360 g/mol. The van der Waals surface area contributed by atoms with E-state index >= 15 is 0 Å². The van der Waals surface area contributed by atoms with Crippen LogP contribution >= 0.6 is 15.9 Å². The summed E-state index contributed by atoms with van der Waals surface area (Å²) < 4.78 is 27.5. The lowest BCUT2D eigenvalue weighted by atomic mass is 10.1. The summed E-state index contributed by atoms with van der Waals surface area (Å²) in [6.45, 7) is 5.11. The standard InChI is InChI=1S/C14H21BrN2O2S/c1-3-17-10-8-12(9-11-17)16(2)20(18,19)14-7-5-4-6-13(14)15/h4-7,12H,3,8-11H2,1-2H3. The van der Waals surface area contributed by atoms with E-state index in [0.29, 0.717) is 9.37 Å². The van der Waals surface area contributed by atoms with E-state index in [1.165, 1.54) is 0 Å². The highest BCUT2D eigenvalue weighted by atomic mass is 79.9. The smallest absolute Gasteiger partial charge is 0.244 e. The Kier molecular flexibility index (Phi) is 5.23. The average molecular weight is 361 g/mol. The summed E-state index contributed by atoms with van der Waals surface area (Å²) >= 11 is 3.33. The molecule has 0 aliphatic carbocycles. The lowest BCUT2D eigenvalue weighted by molar-refractivity contribution is 0.176. The van der Waals surface area contributed by atoms with Crippen LogP contribution in [-0.4, -0.2) is 50.3 Å². The maximum absolute atomic E-state index is 12.7. The molecule has 1 fully saturated rings. The Morgan fingerprint density at radius 3 is 2.45 bits per heavy atom. The summed E-state index contributed by atoms with van der Waals surface area (Å²) in [6, 6.07) is 7.08. The van der Waals surface area contributed by atoms with Crippen molar-refractivity contribution in [3.05, 3.63) is 28.7 Å². The fourth-order valence-electron chi connectivity index (χ4n) is 2.60. The number of halogens is 1. The third-order valence-corrected chi connectivity index (χ3v) is 6.93. The maximum Gasteiger partial charge on any atom is 0.244 e. The summed E-state index contributed by atoms with van der Waals surface area (Å²) in [6.07, 6.45) is 1.79. The van der Waals surface area contributed by atoms with Gasteiger partial charge in [-0.3, -0.25) is 0 Å². The molecule has 0 spiro atoms. The van der Waals surface area contributed by atoms with E-state index in [2.05, 4.69) is 27.8 Å². The molecule has 0 amide bonds. The number of nitrogens with zero attached hydrogens (tertiary/aromatic N) is 2. The van der Waals surface area contributed by atoms with E-state index in [1.54, 1.807) is 29.6 Å². The molecule has 0 bridgehead atoms. The first kappa shape index (κ1) is 15.9. The van der Waals surface area contributed by atoms with Crippen molar-refractivity contribution in [3.8, 4) is 0 Å². The van der Waals surface area contributed by atoms with Crippen LogP contribution in [0.25, 0.3) is 0 Å². The van der Waals surface area contributed by atoms with Gasteiger partial charge in [0.25, 0.3) is 0 Å². The highest BCUT2D eigenvalue weighted by Gasteiger charge is 2.31. The van der Waals surface area contributed by atoms with Gasteiger partial charge in [-0.1, -0.05) is 19.1 Å². The zero-order chi connectivity index (χ0) is 14.8. The zero-order valence-corrected chi connectivity index (χ0v) is 14.3. The lowest BCUT2D eigenvalue weighted by Gasteiger charge is -2.35. The van der Waals surface area contributed by atoms with Gasteiger partial charge in [0.05, 0.1) is 4.90 Å². The molecular weight excluding hydrogens is 340 g/mol. The number of likely N-dealkylation sites (tertiary alicyclic amines) is 1. The largest absolute Gasteiger partial charge is 0.303 e.